The molecule has 0 atom stereocenters. The number of nitro benzene ring substituents is 1. The second-order valence-electron chi connectivity index (χ2n) is 5.47. The number of rotatable bonds is 5. The molecule has 0 bridgehead atoms. The van der Waals surface area contributed by atoms with Gasteiger partial charge in [-0.1, -0.05) is 36.4 Å². The van der Waals surface area contributed by atoms with Crippen LogP contribution in [0.1, 0.15) is 6.92 Å². The average Bonchev–Trinajstić information content (AvgIpc) is 2.63. The number of nitrogens with one attached hydrogen (secondary N) is 2. The van der Waals surface area contributed by atoms with Crippen LogP contribution in [0.3, 0.4) is 0 Å². The Morgan fingerprint density at radius 1 is 1.08 bits per heavy atom. The van der Waals surface area contributed by atoms with Crippen molar-refractivity contribution < 1.29 is 9.66 Å². The van der Waals surface area contributed by atoms with Crippen LogP contribution in [0.4, 0.5) is 17.1 Å². The Labute approximate surface area is 155 Å². The van der Waals surface area contributed by atoms with Gasteiger partial charge in [-0.3, -0.25) is 10.1 Å². The Balaban J connectivity index is 1.82. The highest BCUT2D eigenvalue weighted by molar-refractivity contribution is 7.80. The predicted molar refractivity (Wildman–Crippen MR) is 108 cm³/mol. The van der Waals surface area contributed by atoms with E-state index in [0.29, 0.717) is 18.0 Å². The van der Waals surface area contributed by atoms with E-state index >= 15 is 0 Å². The molecule has 0 unspecified atom stereocenters. The van der Waals surface area contributed by atoms with Crippen molar-refractivity contribution in [3.63, 3.8) is 0 Å². The summed E-state index contributed by atoms with van der Waals surface area (Å²) in [6, 6.07) is 18.4. The van der Waals surface area contributed by atoms with Crippen LogP contribution < -0.4 is 15.4 Å². The van der Waals surface area contributed by atoms with E-state index in [9.17, 15) is 10.1 Å². The third-order valence-electron chi connectivity index (χ3n) is 3.76. The number of thiocarbonyl (C=S) groups is 1. The summed E-state index contributed by atoms with van der Waals surface area (Å²) in [5, 5.41) is 19.7. The van der Waals surface area contributed by atoms with Gasteiger partial charge in [-0.2, -0.15) is 0 Å². The quantitative estimate of drug-likeness (QED) is 0.377. The molecule has 3 rings (SSSR count). The van der Waals surface area contributed by atoms with Crippen LogP contribution >= 0.6 is 12.2 Å². The molecule has 0 spiro atoms. The standard InChI is InChI=1S/C19H17N3O3S/c1-2-25-14-10-11-17(18(12-14)22(23)24)21-19(26)20-16-9-5-7-13-6-3-4-8-15(13)16/h3-12H,2H2,1H3,(H2,20,21,26). The Hall–Kier alpha value is -3.19. The van der Waals surface area contributed by atoms with Crippen molar-refractivity contribution >= 4 is 45.2 Å². The number of hydrogen-bond acceptors (Lipinski definition) is 4. The molecule has 2 N–H and O–H groups in total. The molecule has 0 heterocycles. The minimum atomic E-state index is -0.467. The van der Waals surface area contributed by atoms with Gasteiger partial charge in [-0.25, -0.2) is 0 Å². The zero-order valence-electron chi connectivity index (χ0n) is 14.1. The molecule has 0 saturated carbocycles. The molecule has 0 aliphatic rings. The van der Waals surface area contributed by atoms with Gasteiger partial charge >= 0.3 is 0 Å². The molecule has 0 radical (unpaired) electrons. The molecule has 3 aromatic rings. The van der Waals surface area contributed by atoms with E-state index < -0.39 is 4.92 Å². The third-order valence-corrected chi connectivity index (χ3v) is 3.97. The maximum absolute atomic E-state index is 11.3. The molecule has 6 nitrogen and oxygen atoms in total. The first kappa shape index (κ1) is 17.6. The summed E-state index contributed by atoms with van der Waals surface area (Å²) in [7, 11) is 0. The molecule has 3 aromatic carbocycles. The highest BCUT2D eigenvalue weighted by Gasteiger charge is 2.16. The summed E-state index contributed by atoms with van der Waals surface area (Å²) in [6.45, 7) is 2.26. The van der Waals surface area contributed by atoms with Crippen molar-refractivity contribution in [2.75, 3.05) is 17.2 Å². The number of nitrogens with zero attached hydrogens (tertiary/aromatic N) is 1. The van der Waals surface area contributed by atoms with E-state index in [1.54, 1.807) is 12.1 Å². The van der Waals surface area contributed by atoms with Crippen molar-refractivity contribution in [2.45, 2.75) is 6.92 Å². The minimum Gasteiger partial charge on any atom is -0.494 e. The summed E-state index contributed by atoms with van der Waals surface area (Å²) in [5.41, 5.74) is 1.03. The van der Waals surface area contributed by atoms with Crippen molar-refractivity contribution in [3.8, 4) is 5.75 Å². The van der Waals surface area contributed by atoms with Crippen LogP contribution in [0, 0.1) is 10.1 Å². The number of anilines is 2. The van der Waals surface area contributed by atoms with Gasteiger partial charge in [0.05, 0.1) is 17.6 Å². The van der Waals surface area contributed by atoms with Crippen molar-refractivity contribution in [1.82, 2.24) is 0 Å². The molecule has 26 heavy (non-hydrogen) atoms. The highest BCUT2D eigenvalue weighted by Crippen LogP contribution is 2.30. The monoisotopic (exact) mass is 367 g/mol. The summed E-state index contributed by atoms with van der Waals surface area (Å²) in [6.07, 6.45) is 0. The van der Waals surface area contributed by atoms with E-state index in [1.165, 1.54) is 6.07 Å². The van der Waals surface area contributed by atoms with Crippen LogP contribution in [0.2, 0.25) is 0 Å². The Morgan fingerprint density at radius 3 is 2.58 bits per heavy atom. The van der Waals surface area contributed by atoms with Gasteiger partial charge in [0, 0.05) is 11.1 Å². The zero-order chi connectivity index (χ0) is 18.5. The smallest absolute Gasteiger partial charge is 0.296 e. The number of fused-ring (bicyclic) bond motifs is 1. The number of nitro groups is 1. The lowest BCUT2D eigenvalue weighted by molar-refractivity contribution is -0.384. The molecule has 0 aliphatic carbocycles. The first-order chi connectivity index (χ1) is 12.6. The van der Waals surface area contributed by atoms with E-state index in [0.717, 1.165) is 16.5 Å². The molecule has 132 valence electrons. The second kappa shape index (κ2) is 7.79. The molecular formula is C19H17N3O3S. The predicted octanol–water partition coefficient (Wildman–Crippen LogP) is 4.96. The number of benzene rings is 3. The maximum atomic E-state index is 11.3. The first-order valence-electron chi connectivity index (χ1n) is 8.05. The van der Waals surface area contributed by atoms with Crippen LogP contribution in [0.5, 0.6) is 5.75 Å². The van der Waals surface area contributed by atoms with Crippen LogP contribution in [-0.4, -0.2) is 16.6 Å². The lowest BCUT2D eigenvalue weighted by Crippen LogP contribution is -2.20. The normalized spacial score (nSPS) is 10.3. The van der Waals surface area contributed by atoms with E-state index in [1.807, 2.05) is 49.4 Å². The van der Waals surface area contributed by atoms with E-state index in [4.69, 9.17) is 17.0 Å². The van der Waals surface area contributed by atoms with Crippen LogP contribution in [0.15, 0.2) is 60.7 Å². The van der Waals surface area contributed by atoms with Gasteiger partial charge in [0.1, 0.15) is 11.4 Å². The third kappa shape index (κ3) is 3.89. The zero-order valence-corrected chi connectivity index (χ0v) is 14.9. The average molecular weight is 367 g/mol. The van der Waals surface area contributed by atoms with E-state index in [-0.39, 0.29) is 10.8 Å². The fraction of sp³-hybridized carbons (Fsp3) is 0.105. The van der Waals surface area contributed by atoms with Crippen LogP contribution in [-0.2, 0) is 0 Å². The molecule has 0 saturated heterocycles. The molecular weight excluding hydrogens is 350 g/mol. The second-order valence-corrected chi connectivity index (χ2v) is 5.88. The van der Waals surface area contributed by atoms with Crippen molar-refractivity contribution in [2.24, 2.45) is 0 Å². The summed E-state index contributed by atoms with van der Waals surface area (Å²) >= 11 is 5.34. The Bertz CT molecular complexity index is 970. The minimum absolute atomic E-state index is 0.0991. The number of ether oxygens (including phenoxy) is 1. The fourth-order valence-electron chi connectivity index (χ4n) is 2.63. The number of hydrogen-bond donors (Lipinski definition) is 2. The summed E-state index contributed by atoms with van der Waals surface area (Å²) in [5.74, 6) is 0.442. The molecule has 0 amide bonds. The topological polar surface area (TPSA) is 76.4 Å². The lowest BCUT2D eigenvalue weighted by Gasteiger charge is -2.13. The first-order valence-corrected chi connectivity index (χ1v) is 8.46. The van der Waals surface area contributed by atoms with Gasteiger partial charge in [-0.15, -0.1) is 0 Å². The Kier molecular flexibility index (Phi) is 5.28. The van der Waals surface area contributed by atoms with Gasteiger partial charge in [0.25, 0.3) is 5.69 Å². The maximum Gasteiger partial charge on any atom is 0.296 e. The van der Waals surface area contributed by atoms with Gasteiger partial charge < -0.3 is 15.4 Å². The van der Waals surface area contributed by atoms with Crippen LogP contribution in [0.25, 0.3) is 10.8 Å². The SMILES string of the molecule is CCOc1ccc(NC(=S)Nc2cccc3ccccc23)c([N+](=O)[O-])c1. The molecule has 0 aromatic heterocycles. The molecule has 7 heteroatoms. The van der Waals surface area contributed by atoms with E-state index in [2.05, 4.69) is 10.6 Å². The van der Waals surface area contributed by atoms with Crippen molar-refractivity contribution in [3.05, 3.63) is 70.8 Å². The lowest BCUT2D eigenvalue weighted by atomic mass is 10.1. The van der Waals surface area contributed by atoms with Crippen molar-refractivity contribution in [1.29, 1.82) is 0 Å². The van der Waals surface area contributed by atoms with Gasteiger partial charge in [-0.05, 0) is 42.7 Å². The molecule has 0 aliphatic heterocycles. The summed E-state index contributed by atoms with van der Waals surface area (Å²) in [4.78, 5) is 10.9. The Morgan fingerprint density at radius 2 is 1.81 bits per heavy atom. The summed E-state index contributed by atoms with van der Waals surface area (Å²) < 4.78 is 5.32. The highest BCUT2D eigenvalue weighted by atomic mass is 32.1. The van der Waals surface area contributed by atoms with Gasteiger partial charge in [0.15, 0.2) is 5.11 Å². The molecule has 0 fully saturated rings. The largest absolute Gasteiger partial charge is 0.494 e. The fourth-order valence-corrected chi connectivity index (χ4v) is 2.85. The van der Waals surface area contributed by atoms with Gasteiger partial charge in [0.2, 0.25) is 0 Å².